The zero-order chi connectivity index (χ0) is 13.1. The maximum absolute atomic E-state index is 12.6. The number of hydrogen-bond donors (Lipinski definition) is 1. The number of benzene rings is 1. The fraction of sp³-hybridized carbons (Fsp3) is 0.364. The smallest absolute Gasteiger partial charge is 0.282 e. The second-order valence-corrected chi connectivity index (χ2v) is 3.61. The molecule has 1 atom stereocenters. The summed E-state index contributed by atoms with van der Waals surface area (Å²) in [7, 11) is 0. The Balaban J connectivity index is 1.97. The van der Waals surface area contributed by atoms with Crippen LogP contribution in [0.3, 0.4) is 0 Å². The number of nitrogens with one attached hydrogen (secondary N) is 1. The van der Waals surface area contributed by atoms with Crippen molar-refractivity contribution in [3.63, 3.8) is 0 Å². The topological polar surface area (TPSA) is 47.6 Å². The van der Waals surface area contributed by atoms with Gasteiger partial charge in [0.2, 0.25) is 13.1 Å². The van der Waals surface area contributed by atoms with E-state index >= 15 is 0 Å². The van der Waals surface area contributed by atoms with Gasteiger partial charge in [-0.1, -0.05) is 0 Å². The molecular weight excluding hydrogens is 251 g/mol. The van der Waals surface area contributed by atoms with Gasteiger partial charge in [0.25, 0.3) is 6.43 Å². The molecule has 1 heterocycles. The molecule has 1 aliphatic rings. The summed E-state index contributed by atoms with van der Waals surface area (Å²) in [5.41, 5.74) is 0.244. The summed E-state index contributed by atoms with van der Waals surface area (Å²) in [6.45, 7) is -0.436. The Hall–Kier alpha value is -1.76. The van der Waals surface area contributed by atoms with Crippen LogP contribution in [0.1, 0.15) is 10.4 Å². The second-order valence-electron chi connectivity index (χ2n) is 3.61. The number of halogens is 3. The van der Waals surface area contributed by atoms with E-state index in [9.17, 15) is 18.0 Å². The van der Waals surface area contributed by atoms with Crippen LogP contribution in [0.2, 0.25) is 0 Å². The zero-order valence-corrected chi connectivity index (χ0v) is 9.16. The normalized spacial score (nSPS) is 14.9. The minimum Gasteiger partial charge on any atom is -0.454 e. The molecule has 0 radical (unpaired) electrons. The maximum atomic E-state index is 12.6. The van der Waals surface area contributed by atoms with Crippen molar-refractivity contribution in [3.05, 3.63) is 23.8 Å². The molecule has 0 saturated carbocycles. The van der Waals surface area contributed by atoms with E-state index in [-0.39, 0.29) is 12.4 Å². The van der Waals surface area contributed by atoms with Crippen LogP contribution in [0, 0.1) is 0 Å². The highest BCUT2D eigenvalue weighted by Gasteiger charge is 2.21. The molecule has 2 rings (SSSR count). The van der Waals surface area contributed by atoms with Crippen molar-refractivity contribution in [2.45, 2.75) is 12.7 Å². The van der Waals surface area contributed by atoms with Gasteiger partial charge in [-0.15, -0.1) is 0 Å². The van der Waals surface area contributed by atoms with Crippen molar-refractivity contribution < 1.29 is 27.4 Å². The molecule has 0 aliphatic carbocycles. The van der Waals surface area contributed by atoms with Gasteiger partial charge in [-0.05, 0) is 18.2 Å². The Morgan fingerprint density at radius 3 is 2.72 bits per heavy atom. The molecule has 0 spiro atoms. The van der Waals surface area contributed by atoms with Gasteiger partial charge in [0, 0.05) is 5.56 Å². The molecular formula is C11H10F3NO3. The molecule has 7 heteroatoms. The number of ketones is 1. The average Bonchev–Trinajstić information content (AvgIpc) is 2.82. The van der Waals surface area contributed by atoms with Crippen LogP contribution in [-0.2, 0) is 0 Å². The molecule has 0 amide bonds. The molecule has 98 valence electrons. The quantitative estimate of drug-likeness (QED) is 0.648. The van der Waals surface area contributed by atoms with Gasteiger partial charge in [0.15, 0.2) is 17.3 Å². The van der Waals surface area contributed by atoms with Gasteiger partial charge in [-0.3, -0.25) is 10.1 Å². The second kappa shape index (κ2) is 5.26. The summed E-state index contributed by atoms with van der Waals surface area (Å²) in [6.07, 6.45) is -5.67. The lowest BCUT2D eigenvalue weighted by molar-refractivity contribution is 0.0311. The molecule has 1 aromatic rings. The molecule has 1 aliphatic heterocycles. The number of Topliss-reactive ketones (excluding diaryl/α,β-unsaturated/α-hetero) is 1. The van der Waals surface area contributed by atoms with E-state index in [2.05, 4.69) is 0 Å². The molecule has 18 heavy (non-hydrogen) atoms. The van der Waals surface area contributed by atoms with Crippen LogP contribution in [-0.4, -0.2) is 31.8 Å². The largest absolute Gasteiger partial charge is 0.454 e. The standard InChI is InChI=1S/C11H10F3NO3/c12-10(13)11(14)15-4-7(16)6-1-2-8-9(3-6)18-5-17-8/h1-3,10-11,15H,4-5H2. The lowest BCUT2D eigenvalue weighted by Crippen LogP contribution is -2.35. The van der Waals surface area contributed by atoms with Gasteiger partial charge in [0.1, 0.15) is 0 Å². The highest BCUT2D eigenvalue weighted by Crippen LogP contribution is 2.32. The van der Waals surface area contributed by atoms with Crippen molar-refractivity contribution in [1.29, 1.82) is 0 Å². The van der Waals surface area contributed by atoms with E-state index in [0.29, 0.717) is 11.5 Å². The van der Waals surface area contributed by atoms with Crippen LogP contribution in [0.4, 0.5) is 13.2 Å². The van der Waals surface area contributed by atoms with Gasteiger partial charge < -0.3 is 9.47 Å². The SMILES string of the molecule is O=C(CNC(F)C(F)F)c1ccc2c(c1)OCO2. The first-order valence-electron chi connectivity index (χ1n) is 5.16. The Morgan fingerprint density at radius 1 is 1.28 bits per heavy atom. The first-order chi connectivity index (χ1) is 8.58. The van der Waals surface area contributed by atoms with E-state index < -0.39 is 25.0 Å². The number of fused-ring (bicyclic) bond motifs is 1. The number of rotatable bonds is 5. The van der Waals surface area contributed by atoms with Crippen LogP contribution in [0.25, 0.3) is 0 Å². The fourth-order valence-electron chi connectivity index (χ4n) is 1.45. The third-order valence-electron chi connectivity index (χ3n) is 2.37. The van der Waals surface area contributed by atoms with Crippen LogP contribution < -0.4 is 14.8 Å². The lowest BCUT2D eigenvalue weighted by Gasteiger charge is -2.08. The third kappa shape index (κ3) is 2.73. The molecule has 0 bridgehead atoms. The van der Waals surface area contributed by atoms with Crippen molar-refractivity contribution >= 4 is 5.78 Å². The first kappa shape index (κ1) is 12.7. The van der Waals surface area contributed by atoms with E-state index in [0.717, 1.165) is 0 Å². The number of carbonyl (C=O) groups is 1. The zero-order valence-electron chi connectivity index (χ0n) is 9.16. The summed E-state index contributed by atoms with van der Waals surface area (Å²) in [4.78, 5) is 11.6. The summed E-state index contributed by atoms with van der Waals surface area (Å²) in [6, 6.07) is 4.44. The van der Waals surface area contributed by atoms with E-state index in [1.807, 2.05) is 5.32 Å². The Kier molecular flexibility index (Phi) is 3.71. The summed E-state index contributed by atoms with van der Waals surface area (Å²) < 4.78 is 46.4. The Labute approximate surface area is 101 Å². The van der Waals surface area contributed by atoms with E-state index in [1.54, 1.807) is 0 Å². The van der Waals surface area contributed by atoms with Crippen LogP contribution in [0.15, 0.2) is 18.2 Å². The van der Waals surface area contributed by atoms with Crippen molar-refractivity contribution in [2.24, 2.45) is 0 Å². The van der Waals surface area contributed by atoms with Crippen LogP contribution >= 0.6 is 0 Å². The predicted molar refractivity (Wildman–Crippen MR) is 55.8 cm³/mol. The lowest BCUT2D eigenvalue weighted by atomic mass is 10.1. The van der Waals surface area contributed by atoms with Gasteiger partial charge in [-0.2, -0.15) is 0 Å². The summed E-state index contributed by atoms with van der Waals surface area (Å²) in [5.74, 6) is 0.415. The summed E-state index contributed by atoms with van der Waals surface area (Å²) in [5, 5.41) is 1.81. The van der Waals surface area contributed by atoms with Crippen molar-refractivity contribution in [2.75, 3.05) is 13.3 Å². The third-order valence-corrected chi connectivity index (χ3v) is 2.37. The number of alkyl halides is 3. The Morgan fingerprint density at radius 2 is 2.00 bits per heavy atom. The monoisotopic (exact) mass is 261 g/mol. The highest BCUT2D eigenvalue weighted by molar-refractivity contribution is 5.98. The van der Waals surface area contributed by atoms with E-state index in [4.69, 9.17) is 9.47 Å². The minimum atomic E-state index is -3.16. The minimum absolute atomic E-state index is 0.0726. The van der Waals surface area contributed by atoms with Crippen molar-refractivity contribution in [1.82, 2.24) is 5.32 Å². The molecule has 0 aromatic heterocycles. The van der Waals surface area contributed by atoms with Gasteiger partial charge in [0.05, 0.1) is 6.54 Å². The molecule has 1 unspecified atom stereocenters. The maximum Gasteiger partial charge on any atom is 0.282 e. The molecule has 4 nitrogen and oxygen atoms in total. The van der Waals surface area contributed by atoms with Gasteiger partial charge >= 0.3 is 0 Å². The summed E-state index contributed by atoms with van der Waals surface area (Å²) >= 11 is 0. The Bertz CT molecular complexity index is 453. The molecule has 1 N–H and O–H groups in total. The fourth-order valence-corrected chi connectivity index (χ4v) is 1.45. The molecule has 0 fully saturated rings. The average molecular weight is 261 g/mol. The molecule has 1 aromatic carbocycles. The number of carbonyl (C=O) groups excluding carboxylic acids is 1. The van der Waals surface area contributed by atoms with Gasteiger partial charge in [-0.25, -0.2) is 13.2 Å². The molecule has 0 saturated heterocycles. The van der Waals surface area contributed by atoms with Crippen LogP contribution in [0.5, 0.6) is 11.5 Å². The van der Waals surface area contributed by atoms with E-state index in [1.165, 1.54) is 18.2 Å². The predicted octanol–water partition coefficient (Wildman–Crippen LogP) is 1.75. The highest BCUT2D eigenvalue weighted by atomic mass is 19.3. The first-order valence-corrected chi connectivity index (χ1v) is 5.16. The number of ether oxygens (including phenoxy) is 2. The number of hydrogen-bond acceptors (Lipinski definition) is 4. The van der Waals surface area contributed by atoms with Crippen molar-refractivity contribution in [3.8, 4) is 11.5 Å².